The van der Waals surface area contributed by atoms with Gasteiger partial charge in [0.05, 0.1) is 0 Å². The first kappa shape index (κ1) is 21.2. The second-order valence-electron chi connectivity index (χ2n) is 9.49. The Labute approximate surface area is 173 Å². The Morgan fingerprint density at radius 3 is 2.00 bits per heavy atom. The van der Waals surface area contributed by atoms with Crippen molar-refractivity contribution >= 4 is 11.9 Å². The van der Waals surface area contributed by atoms with Crippen LogP contribution in [0.4, 0.5) is 13.2 Å². The van der Waals surface area contributed by atoms with Gasteiger partial charge in [-0.15, -0.1) is 0 Å². The number of carbonyl (C=O) groups excluding carboxylic acids is 2. The molecule has 1 aliphatic heterocycles. The molecule has 1 aromatic carbocycles. The molecule has 4 saturated carbocycles. The van der Waals surface area contributed by atoms with Crippen LogP contribution in [-0.4, -0.2) is 29.6 Å². The van der Waals surface area contributed by atoms with E-state index < -0.39 is 12.1 Å². The molecule has 1 atom stereocenters. The van der Waals surface area contributed by atoms with Crippen LogP contribution < -0.4 is 15.7 Å². The van der Waals surface area contributed by atoms with Crippen LogP contribution in [0.25, 0.3) is 0 Å². The maximum Gasteiger partial charge on any atom is 0.430 e. The van der Waals surface area contributed by atoms with Gasteiger partial charge in [-0.1, -0.05) is 24.3 Å². The Kier molecular flexibility index (Phi) is 5.55. The van der Waals surface area contributed by atoms with Crippen LogP contribution >= 0.6 is 0 Å². The highest BCUT2D eigenvalue weighted by Gasteiger charge is 2.52. The molecule has 1 amide bonds. The normalized spacial score (nSPS) is 33.8. The molecule has 3 N–H and O–H groups in total. The van der Waals surface area contributed by atoms with Crippen molar-refractivity contribution in [3.05, 3.63) is 35.4 Å². The molecule has 1 heterocycles. The number of fused-ring (bicyclic) bond motifs is 1. The van der Waals surface area contributed by atoms with Crippen molar-refractivity contribution in [2.24, 2.45) is 17.8 Å². The van der Waals surface area contributed by atoms with E-state index in [9.17, 15) is 18.0 Å². The Morgan fingerprint density at radius 1 is 1.00 bits per heavy atom. The standard InChI is InChI=1S/C20H26N2O.C2HF3O2/c23-19(18-8-16-3-1-2-4-17(16)12-21-18)22-20-9-13-5-14(10-20)7-15(6-13)11-20;3-2(4,5)1(6)7/h1-4,13-15,18,21H,5-12H2,(H,22,23);(H,6,7)/t13?,14?,15?,18-,20?;/m0./s1. The average molecular weight is 424 g/mol. The molecule has 5 aliphatic rings. The molecule has 8 heteroatoms. The zero-order valence-electron chi connectivity index (χ0n) is 16.7. The summed E-state index contributed by atoms with van der Waals surface area (Å²) in [5.41, 5.74) is 2.91. The van der Waals surface area contributed by atoms with Crippen LogP contribution in [0.2, 0.25) is 0 Å². The summed E-state index contributed by atoms with van der Waals surface area (Å²) in [6.07, 6.45) is 3.71. The van der Waals surface area contributed by atoms with Crippen LogP contribution in [0.5, 0.6) is 0 Å². The summed E-state index contributed by atoms with van der Waals surface area (Å²) in [5, 5.41) is 14.6. The highest BCUT2D eigenvalue weighted by Crippen LogP contribution is 2.55. The van der Waals surface area contributed by atoms with E-state index in [0.717, 1.165) is 30.7 Å². The maximum atomic E-state index is 13.0. The number of carbonyl (C=O) groups is 2. The number of carboxylic acids is 1. The molecule has 4 aliphatic carbocycles. The van der Waals surface area contributed by atoms with Crippen LogP contribution in [-0.2, 0) is 22.6 Å². The number of amides is 1. The topological polar surface area (TPSA) is 85.8 Å². The van der Waals surface area contributed by atoms with Gasteiger partial charge in [-0.05, 0) is 61.8 Å². The summed E-state index contributed by atoms with van der Waals surface area (Å²) in [4.78, 5) is 21.7. The number of nitrogens with two attached hydrogens (primary N) is 1. The fourth-order valence-electron chi connectivity index (χ4n) is 6.36. The lowest BCUT2D eigenvalue weighted by Crippen LogP contribution is -2.93. The van der Waals surface area contributed by atoms with Gasteiger partial charge in [0.2, 0.25) is 0 Å². The minimum atomic E-state index is -5.19. The summed E-state index contributed by atoms with van der Waals surface area (Å²) >= 11 is 0. The average Bonchev–Trinajstić information content (AvgIpc) is 2.66. The third kappa shape index (κ3) is 4.48. The minimum absolute atomic E-state index is 0.0675. The number of quaternary nitrogens is 1. The highest BCUT2D eigenvalue weighted by molar-refractivity contribution is 5.81. The molecule has 0 aromatic heterocycles. The van der Waals surface area contributed by atoms with E-state index in [1.807, 2.05) is 0 Å². The zero-order valence-corrected chi connectivity index (χ0v) is 16.7. The smallest absolute Gasteiger partial charge is 0.430 e. The van der Waals surface area contributed by atoms with Gasteiger partial charge in [0.1, 0.15) is 12.5 Å². The van der Waals surface area contributed by atoms with Gasteiger partial charge in [0.15, 0.2) is 6.04 Å². The summed E-state index contributed by atoms with van der Waals surface area (Å²) in [6, 6.07) is 8.64. The molecule has 0 unspecified atom stereocenters. The lowest BCUT2D eigenvalue weighted by Gasteiger charge is -2.57. The molecule has 4 bridgehead atoms. The van der Waals surface area contributed by atoms with E-state index >= 15 is 0 Å². The quantitative estimate of drug-likeness (QED) is 0.745. The van der Waals surface area contributed by atoms with Gasteiger partial charge in [-0.2, -0.15) is 13.2 Å². The Hall–Kier alpha value is -2.09. The zero-order chi connectivity index (χ0) is 21.5. The first-order chi connectivity index (χ1) is 14.1. The van der Waals surface area contributed by atoms with Crippen molar-refractivity contribution in [3.63, 3.8) is 0 Å². The molecule has 6 rings (SSSR count). The predicted octanol–water partition coefficient (Wildman–Crippen LogP) is 1.06. The number of halogens is 3. The van der Waals surface area contributed by atoms with Gasteiger partial charge in [0, 0.05) is 17.5 Å². The minimum Gasteiger partial charge on any atom is -0.542 e. The van der Waals surface area contributed by atoms with E-state index in [0.29, 0.717) is 5.91 Å². The third-order valence-electron chi connectivity index (χ3n) is 7.18. The van der Waals surface area contributed by atoms with E-state index in [1.54, 1.807) is 0 Å². The number of hydrogen-bond donors (Lipinski definition) is 2. The van der Waals surface area contributed by atoms with E-state index in [-0.39, 0.29) is 11.6 Å². The Morgan fingerprint density at radius 2 is 1.50 bits per heavy atom. The van der Waals surface area contributed by atoms with Gasteiger partial charge >= 0.3 is 6.18 Å². The number of aliphatic carboxylic acids is 1. The molecular formula is C22H27F3N2O3. The molecule has 0 saturated heterocycles. The van der Waals surface area contributed by atoms with Crippen LogP contribution in [0.3, 0.4) is 0 Å². The van der Waals surface area contributed by atoms with Gasteiger partial charge in [-0.25, -0.2) is 0 Å². The van der Waals surface area contributed by atoms with Crippen LogP contribution in [0.15, 0.2) is 24.3 Å². The van der Waals surface area contributed by atoms with Gasteiger partial charge in [-0.3, -0.25) is 4.79 Å². The number of hydrogen-bond acceptors (Lipinski definition) is 3. The molecule has 4 fully saturated rings. The monoisotopic (exact) mass is 424 g/mol. The van der Waals surface area contributed by atoms with Crippen molar-refractivity contribution < 1.29 is 33.2 Å². The number of alkyl halides is 3. The fourth-order valence-corrected chi connectivity index (χ4v) is 6.36. The lowest BCUT2D eigenvalue weighted by atomic mass is 9.53. The number of rotatable bonds is 2. The molecule has 30 heavy (non-hydrogen) atoms. The fraction of sp³-hybridized carbons (Fsp3) is 0.636. The molecule has 0 radical (unpaired) electrons. The van der Waals surface area contributed by atoms with E-state index in [1.165, 1.54) is 49.7 Å². The Bertz CT molecular complexity index is 789. The lowest BCUT2D eigenvalue weighted by molar-refractivity contribution is -0.695. The summed E-state index contributed by atoms with van der Waals surface area (Å²) in [6.45, 7) is 0.940. The van der Waals surface area contributed by atoms with E-state index in [2.05, 4.69) is 34.9 Å². The SMILES string of the molecule is O=C(NC12CC3CC(CC(C3)C1)C2)[C@@H]1Cc2ccccc2C[NH2+]1.O=C([O-])C(F)(F)F. The Balaban J connectivity index is 0.000000272. The maximum absolute atomic E-state index is 13.0. The highest BCUT2D eigenvalue weighted by atomic mass is 19.4. The van der Waals surface area contributed by atoms with Crippen molar-refractivity contribution in [2.45, 2.75) is 69.2 Å². The van der Waals surface area contributed by atoms with Crippen molar-refractivity contribution in [1.82, 2.24) is 5.32 Å². The first-order valence-electron chi connectivity index (χ1n) is 10.6. The van der Waals surface area contributed by atoms with Crippen molar-refractivity contribution in [1.29, 1.82) is 0 Å². The molecule has 5 nitrogen and oxygen atoms in total. The largest absolute Gasteiger partial charge is 0.542 e. The molecule has 164 valence electrons. The van der Waals surface area contributed by atoms with Crippen LogP contribution in [0, 0.1) is 17.8 Å². The second kappa shape index (κ2) is 7.87. The number of benzene rings is 1. The number of carboxylic acid groups (broad SMARTS) is 1. The van der Waals surface area contributed by atoms with Gasteiger partial charge in [0.25, 0.3) is 5.91 Å². The van der Waals surface area contributed by atoms with Crippen molar-refractivity contribution in [3.8, 4) is 0 Å². The number of nitrogens with one attached hydrogen (secondary N) is 1. The van der Waals surface area contributed by atoms with E-state index in [4.69, 9.17) is 9.90 Å². The summed E-state index contributed by atoms with van der Waals surface area (Å²) in [7, 11) is 0. The predicted molar refractivity (Wildman–Crippen MR) is 99.7 cm³/mol. The van der Waals surface area contributed by atoms with Crippen molar-refractivity contribution in [2.75, 3.05) is 0 Å². The molecule has 0 spiro atoms. The molecule has 1 aromatic rings. The summed E-state index contributed by atoms with van der Waals surface area (Å²) in [5.74, 6) is -0.0539. The summed E-state index contributed by atoms with van der Waals surface area (Å²) < 4.78 is 31.5. The molecular weight excluding hydrogens is 397 g/mol. The van der Waals surface area contributed by atoms with Gasteiger partial charge < -0.3 is 20.5 Å². The first-order valence-corrected chi connectivity index (χ1v) is 10.6. The van der Waals surface area contributed by atoms with Crippen LogP contribution in [0.1, 0.15) is 49.7 Å². The second-order valence-corrected chi connectivity index (χ2v) is 9.49. The third-order valence-corrected chi connectivity index (χ3v) is 7.18.